The van der Waals surface area contributed by atoms with Crippen LogP contribution in [0.25, 0.3) is 0 Å². The average Bonchev–Trinajstić information content (AvgIpc) is 2.80. The highest BCUT2D eigenvalue weighted by atomic mass is 16.6. The quantitative estimate of drug-likeness (QED) is 0.214. The van der Waals surface area contributed by atoms with Gasteiger partial charge in [0.15, 0.2) is 0 Å². The van der Waals surface area contributed by atoms with Crippen molar-refractivity contribution in [2.75, 3.05) is 25.1 Å². The van der Waals surface area contributed by atoms with Gasteiger partial charge in [-0.3, -0.25) is 10.1 Å². The molecule has 36 heavy (non-hydrogen) atoms. The number of hydrogen-bond donors (Lipinski definition) is 2. The van der Waals surface area contributed by atoms with E-state index in [0.717, 1.165) is 24.8 Å². The molecular formula is C27H36N2O7. The Kier molecular flexibility index (Phi) is 12.3. The van der Waals surface area contributed by atoms with Gasteiger partial charge in [-0.05, 0) is 57.7 Å². The molecule has 2 aromatic carbocycles. The van der Waals surface area contributed by atoms with Crippen LogP contribution in [0, 0.1) is 0 Å². The van der Waals surface area contributed by atoms with Gasteiger partial charge in [-0.25, -0.2) is 9.59 Å². The van der Waals surface area contributed by atoms with E-state index in [4.69, 9.17) is 18.9 Å². The van der Waals surface area contributed by atoms with Gasteiger partial charge in [-0.2, -0.15) is 0 Å². The number of anilines is 1. The molecule has 0 atom stereocenters. The zero-order chi connectivity index (χ0) is 26.2. The minimum absolute atomic E-state index is 0.0315. The van der Waals surface area contributed by atoms with Crippen LogP contribution in [0.5, 0.6) is 5.75 Å². The van der Waals surface area contributed by atoms with Gasteiger partial charge in [0.2, 0.25) is 0 Å². The first-order valence-corrected chi connectivity index (χ1v) is 12.0. The van der Waals surface area contributed by atoms with Crippen molar-refractivity contribution in [1.82, 2.24) is 5.32 Å². The smallest absolute Gasteiger partial charge is 0.411 e. The Morgan fingerprint density at radius 3 is 2.36 bits per heavy atom. The van der Waals surface area contributed by atoms with Crippen LogP contribution in [0.3, 0.4) is 0 Å². The van der Waals surface area contributed by atoms with Gasteiger partial charge in [0, 0.05) is 24.9 Å². The number of unbranched alkanes of at least 4 members (excludes halogenated alkanes) is 2. The summed E-state index contributed by atoms with van der Waals surface area (Å²) in [7, 11) is 0. The molecule has 9 heteroatoms. The monoisotopic (exact) mass is 500 g/mol. The van der Waals surface area contributed by atoms with Gasteiger partial charge in [0.1, 0.15) is 11.4 Å². The van der Waals surface area contributed by atoms with Gasteiger partial charge in [0.25, 0.3) is 0 Å². The van der Waals surface area contributed by atoms with E-state index >= 15 is 0 Å². The maximum absolute atomic E-state index is 12.0. The number of nitrogens with one attached hydrogen (secondary N) is 2. The minimum Gasteiger partial charge on any atom is -0.449 e. The average molecular weight is 501 g/mol. The predicted molar refractivity (Wildman–Crippen MR) is 136 cm³/mol. The van der Waals surface area contributed by atoms with Gasteiger partial charge < -0.3 is 24.3 Å². The van der Waals surface area contributed by atoms with Crippen molar-refractivity contribution in [1.29, 1.82) is 0 Å². The summed E-state index contributed by atoms with van der Waals surface area (Å²) in [6.07, 6.45) is 1.29. The molecule has 2 aromatic rings. The summed E-state index contributed by atoms with van der Waals surface area (Å²) in [4.78, 5) is 35.6. The van der Waals surface area contributed by atoms with Crippen molar-refractivity contribution in [3.63, 3.8) is 0 Å². The molecule has 0 spiro atoms. The highest BCUT2D eigenvalue weighted by molar-refractivity contribution is 5.85. The Hall–Kier alpha value is -3.59. The zero-order valence-electron chi connectivity index (χ0n) is 21.2. The SMILES string of the molecule is CC(C)(C)OC(=O)NCCC(=O)Oc1cccc(NC(=O)OCCCCCOCc2ccccc2)c1. The van der Waals surface area contributed by atoms with Crippen LogP contribution in [0.15, 0.2) is 54.6 Å². The van der Waals surface area contributed by atoms with Crippen LogP contribution in [-0.2, 0) is 25.6 Å². The molecule has 0 aliphatic carbocycles. The second kappa shape index (κ2) is 15.4. The molecule has 0 aromatic heterocycles. The molecule has 0 aliphatic rings. The molecule has 9 nitrogen and oxygen atoms in total. The molecule has 0 unspecified atom stereocenters. The van der Waals surface area contributed by atoms with E-state index < -0.39 is 23.8 Å². The van der Waals surface area contributed by atoms with Gasteiger partial charge >= 0.3 is 18.2 Å². The number of carbonyl (C=O) groups excluding carboxylic acids is 3. The maximum Gasteiger partial charge on any atom is 0.411 e. The van der Waals surface area contributed by atoms with E-state index in [1.165, 1.54) is 6.07 Å². The summed E-state index contributed by atoms with van der Waals surface area (Å²) in [5.41, 5.74) is 0.967. The molecule has 0 bridgehead atoms. The van der Waals surface area contributed by atoms with Gasteiger partial charge in [-0.15, -0.1) is 0 Å². The highest BCUT2D eigenvalue weighted by Crippen LogP contribution is 2.18. The number of alkyl carbamates (subject to hydrolysis) is 1. The lowest BCUT2D eigenvalue weighted by Crippen LogP contribution is -2.34. The second-order valence-corrected chi connectivity index (χ2v) is 9.04. The first kappa shape index (κ1) is 28.6. The summed E-state index contributed by atoms with van der Waals surface area (Å²) in [5.74, 6) is -0.260. The van der Waals surface area contributed by atoms with Gasteiger partial charge in [0.05, 0.1) is 19.6 Å². The molecule has 0 radical (unpaired) electrons. The number of benzene rings is 2. The molecule has 0 heterocycles. The third-order valence-electron chi connectivity index (χ3n) is 4.59. The van der Waals surface area contributed by atoms with Gasteiger partial charge in [-0.1, -0.05) is 36.4 Å². The number of esters is 1. The number of carbonyl (C=O) groups is 3. The summed E-state index contributed by atoms with van der Waals surface area (Å²) >= 11 is 0. The molecule has 0 saturated carbocycles. The fraction of sp³-hybridized carbons (Fsp3) is 0.444. The molecule has 2 rings (SSSR count). The lowest BCUT2D eigenvalue weighted by molar-refractivity contribution is -0.134. The van der Waals surface area contributed by atoms with Crippen molar-refractivity contribution in [2.45, 2.75) is 58.7 Å². The van der Waals surface area contributed by atoms with E-state index in [-0.39, 0.29) is 18.7 Å². The second-order valence-electron chi connectivity index (χ2n) is 9.04. The molecule has 2 N–H and O–H groups in total. The van der Waals surface area contributed by atoms with Crippen LogP contribution in [0.2, 0.25) is 0 Å². The topological polar surface area (TPSA) is 112 Å². The van der Waals surface area contributed by atoms with Crippen LogP contribution < -0.4 is 15.4 Å². The molecule has 0 saturated heterocycles. The van der Waals surface area contributed by atoms with Crippen molar-refractivity contribution >= 4 is 23.8 Å². The first-order chi connectivity index (χ1) is 17.2. The molecule has 196 valence electrons. The fourth-order valence-corrected chi connectivity index (χ4v) is 2.97. The number of amides is 2. The first-order valence-electron chi connectivity index (χ1n) is 12.0. The Bertz CT molecular complexity index is 958. The predicted octanol–water partition coefficient (Wildman–Crippen LogP) is 5.44. The summed E-state index contributed by atoms with van der Waals surface area (Å²) in [5, 5.41) is 5.11. The summed E-state index contributed by atoms with van der Waals surface area (Å²) in [6.45, 7) is 6.88. The van der Waals surface area contributed by atoms with E-state index in [2.05, 4.69) is 10.6 Å². The summed E-state index contributed by atoms with van der Waals surface area (Å²) in [6, 6.07) is 16.4. The normalized spacial score (nSPS) is 10.9. The fourth-order valence-electron chi connectivity index (χ4n) is 2.97. The Balaban J connectivity index is 1.57. The van der Waals surface area contributed by atoms with Crippen molar-refractivity contribution < 1.29 is 33.3 Å². The third-order valence-corrected chi connectivity index (χ3v) is 4.59. The minimum atomic E-state index is -0.614. The van der Waals surface area contributed by atoms with Crippen molar-refractivity contribution in [2.24, 2.45) is 0 Å². The number of hydrogen-bond acceptors (Lipinski definition) is 7. The van der Waals surface area contributed by atoms with E-state index in [1.54, 1.807) is 39.0 Å². The van der Waals surface area contributed by atoms with Crippen LogP contribution in [-0.4, -0.2) is 43.5 Å². The van der Waals surface area contributed by atoms with E-state index in [9.17, 15) is 14.4 Å². The highest BCUT2D eigenvalue weighted by Gasteiger charge is 2.16. The van der Waals surface area contributed by atoms with Crippen LogP contribution in [0.4, 0.5) is 15.3 Å². The van der Waals surface area contributed by atoms with E-state index in [1.807, 2.05) is 30.3 Å². The zero-order valence-corrected chi connectivity index (χ0v) is 21.2. The summed E-state index contributed by atoms with van der Waals surface area (Å²) < 4.78 is 21.2. The molecule has 2 amide bonds. The Labute approximate surface area is 212 Å². The standard InChI is InChI=1S/C27H36N2O7/c1-27(2,3)36-25(31)28-16-15-24(30)35-23-14-10-13-22(19-23)29-26(32)34-18-9-5-8-17-33-20-21-11-6-4-7-12-21/h4,6-7,10-14,19H,5,8-9,15-18,20H2,1-3H3,(H,28,31)(H,29,32). The van der Waals surface area contributed by atoms with Crippen molar-refractivity contribution in [3.8, 4) is 5.75 Å². The molecule has 0 fully saturated rings. The lowest BCUT2D eigenvalue weighted by Gasteiger charge is -2.19. The third kappa shape index (κ3) is 13.3. The number of rotatable bonds is 13. The molecular weight excluding hydrogens is 464 g/mol. The largest absolute Gasteiger partial charge is 0.449 e. The van der Waals surface area contributed by atoms with Crippen molar-refractivity contribution in [3.05, 3.63) is 60.2 Å². The number of ether oxygens (including phenoxy) is 4. The van der Waals surface area contributed by atoms with E-state index in [0.29, 0.717) is 25.5 Å². The lowest BCUT2D eigenvalue weighted by atomic mass is 10.2. The Morgan fingerprint density at radius 1 is 0.861 bits per heavy atom. The van der Waals surface area contributed by atoms with Crippen LogP contribution >= 0.6 is 0 Å². The maximum atomic E-state index is 12.0. The Morgan fingerprint density at radius 2 is 1.61 bits per heavy atom. The molecule has 0 aliphatic heterocycles. The van der Waals surface area contributed by atoms with Crippen LogP contribution in [0.1, 0.15) is 52.0 Å².